The summed E-state index contributed by atoms with van der Waals surface area (Å²) in [6.07, 6.45) is 4.16. The molecule has 0 saturated heterocycles. The van der Waals surface area contributed by atoms with Gasteiger partial charge in [-0.1, -0.05) is 42.8 Å². The van der Waals surface area contributed by atoms with Crippen LogP contribution in [-0.2, 0) is 12.8 Å². The first-order valence-electron chi connectivity index (χ1n) is 11.1. The maximum atomic E-state index is 11.9. The van der Waals surface area contributed by atoms with Crippen LogP contribution in [0.4, 0.5) is 0 Å². The van der Waals surface area contributed by atoms with Gasteiger partial charge in [-0.15, -0.1) is 11.3 Å². The standard InChI is InChI=1S/C26H28ClN3O3S/c1-4-22(31)18-9-7-17(8-10-18)20-11-12-29-21(16-28)25(20)33-13-5-6-19-14-24(27)34-23(19)15-26(2,3)30-32/h7-12,14,30,32H,4-6,13,15H2,1-3H3. The average Bonchev–Trinajstić information content (AvgIpc) is 3.19. The molecule has 0 bridgehead atoms. The first-order valence-corrected chi connectivity index (χ1v) is 12.3. The molecule has 0 aliphatic rings. The summed E-state index contributed by atoms with van der Waals surface area (Å²) in [5, 5.41) is 18.9. The Labute approximate surface area is 209 Å². The molecule has 2 N–H and O–H groups in total. The van der Waals surface area contributed by atoms with E-state index >= 15 is 0 Å². The van der Waals surface area contributed by atoms with Crippen LogP contribution in [0.2, 0.25) is 4.34 Å². The summed E-state index contributed by atoms with van der Waals surface area (Å²) in [6.45, 7) is 6.08. The molecule has 2 aromatic heterocycles. The number of hydroxylamine groups is 1. The van der Waals surface area contributed by atoms with Gasteiger partial charge in [-0.2, -0.15) is 10.7 Å². The summed E-state index contributed by atoms with van der Waals surface area (Å²) in [5.41, 5.74) is 5.52. The Kier molecular flexibility index (Phi) is 8.81. The Morgan fingerprint density at radius 1 is 1.29 bits per heavy atom. The number of ketones is 1. The van der Waals surface area contributed by atoms with Gasteiger partial charge in [0, 0.05) is 40.6 Å². The molecule has 3 aromatic rings. The predicted molar refractivity (Wildman–Crippen MR) is 135 cm³/mol. The maximum absolute atomic E-state index is 11.9. The molecule has 2 heterocycles. The van der Waals surface area contributed by atoms with Crippen molar-refractivity contribution in [2.24, 2.45) is 0 Å². The first kappa shape index (κ1) is 25.9. The fourth-order valence-electron chi connectivity index (χ4n) is 3.61. The van der Waals surface area contributed by atoms with Crippen LogP contribution in [0.25, 0.3) is 11.1 Å². The summed E-state index contributed by atoms with van der Waals surface area (Å²) in [5.74, 6) is 0.523. The monoisotopic (exact) mass is 497 g/mol. The minimum atomic E-state index is -0.455. The molecule has 0 spiro atoms. The number of thiophene rings is 1. The average molecular weight is 498 g/mol. The number of hydrogen-bond donors (Lipinski definition) is 2. The number of carbonyl (C=O) groups excluding carboxylic acids is 1. The van der Waals surface area contributed by atoms with Crippen LogP contribution in [0.15, 0.2) is 42.6 Å². The summed E-state index contributed by atoms with van der Waals surface area (Å²) < 4.78 is 6.78. The highest BCUT2D eigenvalue weighted by Gasteiger charge is 2.21. The van der Waals surface area contributed by atoms with E-state index in [9.17, 15) is 15.3 Å². The summed E-state index contributed by atoms with van der Waals surface area (Å²) in [6, 6.07) is 13.2. The minimum Gasteiger partial charge on any atom is -0.490 e. The number of aromatic nitrogens is 1. The minimum absolute atomic E-state index is 0.0847. The van der Waals surface area contributed by atoms with Crippen LogP contribution in [0.5, 0.6) is 5.75 Å². The van der Waals surface area contributed by atoms with Gasteiger partial charge in [0.25, 0.3) is 0 Å². The van der Waals surface area contributed by atoms with Crippen molar-refractivity contribution in [3.8, 4) is 22.9 Å². The van der Waals surface area contributed by atoms with Crippen molar-refractivity contribution in [1.82, 2.24) is 10.5 Å². The lowest BCUT2D eigenvalue weighted by Crippen LogP contribution is -2.38. The van der Waals surface area contributed by atoms with E-state index in [0.29, 0.717) is 35.1 Å². The third-order valence-corrected chi connectivity index (χ3v) is 6.76. The third-order valence-electron chi connectivity index (χ3n) is 5.46. The van der Waals surface area contributed by atoms with E-state index in [1.54, 1.807) is 18.3 Å². The molecular weight excluding hydrogens is 470 g/mol. The number of carbonyl (C=O) groups is 1. The zero-order valence-corrected chi connectivity index (χ0v) is 21.1. The number of nitriles is 1. The van der Waals surface area contributed by atoms with Crippen molar-refractivity contribution in [3.05, 3.63) is 68.6 Å². The van der Waals surface area contributed by atoms with Gasteiger partial charge in [0.1, 0.15) is 6.07 Å². The number of Topliss-reactive ketones (excluding diaryl/α,β-unsaturated/α-hetero) is 1. The molecule has 1 aromatic carbocycles. The molecule has 3 rings (SSSR count). The van der Waals surface area contributed by atoms with E-state index in [4.69, 9.17) is 16.3 Å². The molecule has 6 nitrogen and oxygen atoms in total. The van der Waals surface area contributed by atoms with Crippen LogP contribution in [0.3, 0.4) is 0 Å². The Morgan fingerprint density at radius 3 is 2.68 bits per heavy atom. The molecule has 0 unspecified atom stereocenters. The van der Waals surface area contributed by atoms with Crippen molar-refractivity contribution in [2.75, 3.05) is 6.61 Å². The lowest BCUT2D eigenvalue weighted by Gasteiger charge is -2.22. The zero-order chi connectivity index (χ0) is 24.7. The Bertz CT molecular complexity index is 1180. The second-order valence-electron chi connectivity index (χ2n) is 8.63. The number of halogens is 1. The zero-order valence-electron chi connectivity index (χ0n) is 19.5. The smallest absolute Gasteiger partial charge is 0.183 e. The van der Waals surface area contributed by atoms with E-state index in [1.807, 2.05) is 45.0 Å². The lowest BCUT2D eigenvalue weighted by molar-refractivity contribution is 0.0820. The Morgan fingerprint density at radius 2 is 2.03 bits per heavy atom. The Balaban J connectivity index is 1.73. The molecule has 0 fully saturated rings. The third kappa shape index (κ3) is 6.43. The molecule has 0 amide bonds. The fourth-order valence-corrected chi connectivity index (χ4v) is 5.18. The van der Waals surface area contributed by atoms with Crippen molar-refractivity contribution >= 4 is 28.7 Å². The molecule has 0 saturated carbocycles. The van der Waals surface area contributed by atoms with Crippen LogP contribution in [-0.4, -0.2) is 28.1 Å². The maximum Gasteiger partial charge on any atom is 0.183 e. The highest BCUT2D eigenvalue weighted by molar-refractivity contribution is 7.16. The predicted octanol–water partition coefficient (Wildman–Crippen LogP) is 6.24. The molecule has 8 heteroatoms. The first-order chi connectivity index (χ1) is 16.3. The van der Waals surface area contributed by atoms with E-state index < -0.39 is 5.54 Å². The molecule has 0 aliphatic heterocycles. The number of nitrogens with one attached hydrogen (secondary N) is 1. The quantitative estimate of drug-likeness (QED) is 0.185. The van der Waals surface area contributed by atoms with Crippen molar-refractivity contribution in [1.29, 1.82) is 5.26 Å². The second kappa shape index (κ2) is 11.6. The highest BCUT2D eigenvalue weighted by Crippen LogP contribution is 2.33. The van der Waals surface area contributed by atoms with Gasteiger partial charge >= 0.3 is 0 Å². The van der Waals surface area contributed by atoms with E-state index in [-0.39, 0.29) is 11.5 Å². The number of nitrogens with zero attached hydrogens (tertiary/aromatic N) is 2. The highest BCUT2D eigenvalue weighted by atomic mass is 35.5. The number of aryl methyl sites for hydroxylation is 1. The molecule has 0 radical (unpaired) electrons. The lowest BCUT2D eigenvalue weighted by atomic mass is 9.98. The molecule has 0 atom stereocenters. The van der Waals surface area contributed by atoms with Crippen LogP contribution in [0.1, 0.15) is 60.1 Å². The van der Waals surface area contributed by atoms with E-state index in [1.165, 1.54) is 11.3 Å². The van der Waals surface area contributed by atoms with Crippen molar-refractivity contribution in [2.45, 2.75) is 52.0 Å². The number of hydrogen-bond acceptors (Lipinski definition) is 7. The summed E-state index contributed by atoms with van der Waals surface area (Å²) in [7, 11) is 0. The van der Waals surface area contributed by atoms with Crippen LogP contribution >= 0.6 is 22.9 Å². The van der Waals surface area contributed by atoms with Gasteiger partial charge in [0.2, 0.25) is 0 Å². The molecule has 34 heavy (non-hydrogen) atoms. The van der Waals surface area contributed by atoms with E-state index in [2.05, 4.69) is 16.5 Å². The number of benzene rings is 1. The fraction of sp³-hybridized carbons (Fsp3) is 0.346. The number of ether oxygens (including phenoxy) is 1. The Hall–Kier alpha value is -2.76. The number of pyridine rings is 1. The van der Waals surface area contributed by atoms with Crippen LogP contribution in [0, 0.1) is 11.3 Å². The normalized spacial score (nSPS) is 11.3. The largest absolute Gasteiger partial charge is 0.490 e. The SMILES string of the molecule is CCC(=O)c1ccc(-c2ccnc(C#N)c2OCCCc2cc(Cl)sc2CC(C)(C)NO)cc1. The summed E-state index contributed by atoms with van der Waals surface area (Å²) >= 11 is 7.77. The summed E-state index contributed by atoms with van der Waals surface area (Å²) in [4.78, 5) is 17.2. The van der Waals surface area contributed by atoms with Crippen LogP contribution < -0.4 is 10.2 Å². The van der Waals surface area contributed by atoms with Gasteiger partial charge in [-0.3, -0.25) is 4.79 Å². The van der Waals surface area contributed by atoms with Crippen molar-refractivity contribution in [3.63, 3.8) is 0 Å². The van der Waals surface area contributed by atoms with Gasteiger partial charge in [-0.05, 0) is 49.9 Å². The van der Waals surface area contributed by atoms with E-state index in [0.717, 1.165) is 34.4 Å². The van der Waals surface area contributed by atoms with Gasteiger partial charge < -0.3 is 9.94 Å². The molecule has 178 valence electrons. The molecular formula is C26H28ClN3O3S. The van der Waals surface area contributed by atoms with Gasteiger partial charge in [0.05, 0.1) is 10.9 Å². The van der Waals surface area contributed by atoms with Gasteiger partial charge in [0.15, 0.2) is 17.2 Å². The van der Waals surface area contributed by atoms with Crippen molar-refractivity contribution < 1.29 is 14.7 Å². The topological polar surface area (TPSA) is 95.2 Å². The molecule has 0 aliphatic carbocycles. The number of rotatable bonds is 11. The van der Waals surface area contributed by atoms with Gasteiger partial charge in [-0.25, -0.2) is 4.98 Å². The second-order valence-corrected chi connectivity index (χ2v) is 10.4.